The Balaban J connectivity index is 1.55. The Morgan fingerprint density at radius 2 is 1.74 bits per heavy atom. The summed E-state index contributed by atoms with van der Waals surface area (Å²) in [6.45, 7) is 4.49. The van der Waals surface area contributed by atoms with Gasteiger partial charge in [-0.15, -0.1) is 0 Å². The summed E-state index contributed by atoms with van der Waals surface area (Å²) in [7, 11) is 0. The van der Waals surface area contributed by atoms with Crippen LogP contribution in [-0.2, 0) is 0 Å². The second-order valence-electron chi connectivity index (χ2n) is 7.74. The first-order valence-electron chi connectivity index (χ1n) is 8.67. The molecule has 2 atom stereocenters. The van der Waals surface area contributed by atoms with Crippen LogP contribution < -0.4 is 11.1 Å². The molecule has 0 aromatic rings. The van der Waals surface area contributed by atoms with Crippen LogP contribution in [0.1, 0.15) is 64.7 Å². The molecule has 19 heavy (non-hydrogen) atoms. The lowest BCUT2D eigenvalue weighted by molar-refractivity contribution is 0.251. The monoisotopic (exact) mass is 264 g/mol. The Hall–Kier alpha value is -0.0800. The molecule has 3 saturated carbocycles. The molecule has 3 N–H and O–H groups in total. The Labute approximate surface area is 118 Å². The van der Waals surface area contributed by atoms with E-state index in [-0.39, 0.29) is 5.54 Å². The van der Waals surface area contributed by atoms with Crippen molar-refractivity contribution in [2.75, 3.05) is 13.1 Å². The molecule has 0 saturated heterocycles. The van der Waals surface area contributed by atoms with Crippen LogP contribution in [-0.4, -0.2) is 18.6 Å². The third kappa shape index (κ3) is 3.52. The van der Waals surface area contributed by atoms with Crippen molar-refractivity contribution < 1.29 is 0 Å². The van der Waals surface area contributed by atoms with Crippen LogP contribution in [0.4, 0.5) is 0 Å². The van der Waals surface area contributed by atoms with E-state index in [1.54, 1.807) is 0 Å². The molecule has 0 aliphatic heterocycles. The highest BCUT2D eigenvalue weighted by molar-refractivity contribution is 4.97. The molecule has 0 aromatic heterocycles. The van der Waals surface area contributed by atoms with E-state index in [0.717, 1.165) is 30.2 Å². The Kier molecular flexibility index (Phi) is 4.19. The van der Waals surface area contributed by atoms with Crippen molar-refractivity contribution in [1.29, 1.82) is 0 Å². The zero-order valence-electron chi connectivity index (χ0n) is 12.7. The fourth-order valence-corrected chi connectivity index (χ4v) is 4.14. The van der Waals surface area contributed by atoms with Crippen LogP contribution in [0.2, 0.25) is 0 Å². The summed E-state index contributed by atoms with van der Waals surface area (Å²) in [4.78, 5) is 0. The fourth-order valence-electron chi connectivity index (χ4n) is 4.14. The maximum absolute atomic E-state index is 6.16. The smallest absolute Gasteiger partial charge is 0.0304 e. The van der Waals surface area contributed by atoms with E-state index >= 15 is 0 Å². The summed E-state index contributed by atoms with van der Waals surface area (Å²) in [6, 6.07) is 0. The minimum atomic E-state index is 0.271. The van der Waals surface area contributed by atoms with E-state index in [0.29, 0.717) is 0 Å². The summed E-state index contributed by atoms with van der Waals surface area (Å²) in [5.74, 6) is 3.99. The van der Waals surface area contributed by atoms with Gasteiger partial charge in [0.15, 0.2) is 0 Å². The molecule has 0 spiro atoms. The summed E-state index contributed by atoms with van der Waals surface area (Å²) in [5.41, 5.74) is 6.43. The molecule has 0 heterocycles. The lowest BCUT2D eigenvalue weighted by atomic mass is 9.88. The molecular weight excluding hydrogens is 232 g/mol. The highest BCUT2D eigenvalue weighted by Gasteiger charge is 2.42. The lowest BCUT2D eigenvalue weighted by Crippen LogP contribution is -2.52. The number of rotatable bonds is 6. The van der Waals surface area contributed by atoms with Gasteiger partial charge in [0.1, 0.15) is 0 Å². The third-order valence-corrected chi connectivity index (χ3v) is 6.03. The first-order chi connectivity index (χ1) is 9.22. The van der Waals surface area contributed by atoms with Gasteiger partial charge in [0.25, 0.3) is 0 Å². The minimum Gasteiger partial charge on any atom is -0.329 e. The van der Waals surface area contributed by atoms with E-state index in [1.165, 1.54) is 64.3 Å². The summed E-state index contributed by atoms with van der Waals surface area (Å²) < 4.78 is 0. The van der Waals surface area contributed by atoms with E-state index in [1.807, 2.05) is 0 Å². The minimum absolute atomic E-state index is 0.271. The summed E-state index contributed by atoms with van der Waals surface area (Å²) in [5, 5.41) is 3.96. The fraction of sp³-hybridized carbons (Fsp3) is 1.00. The molecule has 2 unspecified atom stereocenters. The largest absolute Gasteiger partial charge is 0.329 e. The molecule has 0 aromatic carbocycles. The zero-order chi connectivity index (χ0) is 13.3. The summed E-state index contributed by atoms with van der Waals surface area (Å²) >= 11 is 0. The average Bonchev–Trinajstić information content (AvgIpc) is 3.28. The first-order valence-corrected chi connectivity index (χ1v) is 8.67. The van der Waals surface area contributed by atoms with Crippen molar-refractivity contribution in [1.82, 2.24) is 5.32 Å². The molecule has 0 radical (unpaired) electrons. The van der Waals surface area contributed by atoms with E-state index < -0.39 is 0 Å². The highest BCUT2D eigenvalue weighted by Crippen LogP contribution is 2.49. The number of nitrogens with one attached hydrogen (secondary N) is 1. The maximum atomic E-state index is 6.16. The van der Waals surface area contributed by atoms with E-state index in [2.05, 4.69) is 12.2 Å². The van der Waals surface area contributed by atoms with Crippen LogP contribution in [0.15, 0.2) is 0 Å². The first kappa shape index (κ1) is 13.9. The molecule has 2 heteroatoms. The van der Waals surface area contributed by atoms with Crippen LogP contribution in [0.25, 0.3) is 0 Å². The van der Waals surface area contributed by atoms with E-state index in [4.69, 9.17) is 5.73 Å². The standard InChI is InChI=1S/C17H32N2/c1-13-3-2-9-17(12-18,10-8-13)19-11-16(14-4-5-14)15-6-7-15/h13-16,19H,2-12,18H2,1H3. The lowest BCUT2D eigenvalue weighted by Gasteiger charge is -2.35. The number of hydrogen-bond acceptors (Lipinski definition) is 2. The molecule has 2 nitrogen and oxygen atoms in total. The second-order valence-corrected chi connectivity index (χ2v) is 7.74. The normalized spacial score (nSPS) is 36.5. The Morgan fingerprint density at radius 1 is 1.05 bits per heavy atom. The van der Waals surface area contributed by atoms with Crippen molar-refractivity contribution >= 4 is 0 Å². The van der Waals surface area contributed by atoms with Gasteiger partial charge in [-0.25, -0.2) is 0 Å². The molecule has 3 aliphatic carbocycles. The van der Waals surface area contributed by atoms with Gasteiger partial charge in [-0.2, -0.15) is 0 Å². The summed E-state index contributed by atoms with van der Waals surface area (Å²) in [6.07, 6.45) is 12.7. The maximum Gasteiger partial charge on any atom is 0.0304 e. The Bertz CT molecular complexity index is 284. The van der Waals surface area contributed by atoms with Crippen LogP contribution >= 0.6 is 0 Å². The molecule has 0 bridgehead atoms. The molecule has 0 amide bonds. The van der Waals surface area contributed by atoms with Gasteiger partial charge in [0.2, 0.25) is 0 Å². The van der Waals surface area contributed by atoms with Crippen LogP contribution in [0.5, 0.6) is 0 Å². The predicted molar refractivity (Wildman–Crippen MR) is 81.0 cm³/mol. The molecule has 3 aliphatic rings. The van der Waals surface area contributed by atoms with Gasteiger partial charge in [-0.3, -0.25) is 0 Å². The molecular formula is C17H32N2. The molecule has 110 valence electrons. The highest BCUT2D eigenvalue weighted by atomic mass is 15.0. The average molecular weight is 264 g/mol. The topological polar surface area (TPSA) is 38.0 Å². The van der Waals surface area contributed by atoms with Gasteiger partial charge >= 0.3 is 0 Å². The van der Waals surface area contributed by atoms with Crippen molar-refractivity contribution in [3.05, 3.63) is 0 Å². The van der Waals surface area contributed by atoms with Crippen molar-refractivity contribution in [3.8, 4) is 0 Å². The second kappa shape index (κ2) is 5.73. The van der Waals surface area contributed by atoms with Gasteiger partial charge in [-0.1, -0.05) is 19.8 Å². The van der Waals surface area contributed by atoms with Crippen molar-refractivity contribution in [2.45, 2.75) is 70.3 Å². The SMILES string of the molecule is CC1CCCC(CN)(NCC(C2CC2)C2CC2)CC1. The van der Waals surface area contributed by atoms with Crippen molar-refractivity contribution in [2.24, 2.45) is 29.4 Å². The Morgan fingerprint density at radius 3 is 2.32 bits per heavy atom. The quantitative estimate of drug-likeness (QED) is 0.722. The van der Waals surface area contributed by atoms with Gasteiger partial charge < -0.3 is 11.1 Å². The van der Waals surface area contributed by atoms with Gasteiger partial charge in [-0.05, 0) is 75.2 Å². The molecule has 3 fully saturated rings. The molecule has 3 rings (SSSR count). The van der Waals surface area contributed by atoms with Crippen LogP contribution in [0, 0.1) is 23.7 Å². The predicted octanol–water partition coefficient (Wildman–Crippen LogP) is 3.31. The van der Waals surface area contributed by atoms with E-state index in [9.17, 15) is 0 Å². The zero-order valence-corrected chi connectivity index (χ0v) is 12.7. The van der Waals surface area contributed by atoms with Crippen LogP contribution in [0.3, 0.4) is 0 Å². The van der Waals surface area contributed by atoms with Gasteiger partial charge in [0, 0.05) is 12.1 Å². The number of hydrogen-bond donors (Lipinski definition) is 2. The third-order valence-electron chi connectivity index (χ3n) is 6.03. The number of nitrogens with two attached hydrogens (primary N) is 1. The van der Waals surface area contributed by atoms with Crippen molar-refractivity contribution in [3.63, 3.8) is 0 Å². The van der Waals surface area contributed by atoms with Gasteiger partial charge in [0.05, 0.1) is 0 Å².